The number of carbonyl (C=O) groups excluding carboxylic acids is 2. The molecule has 2 aromatic carbocycles. The Kier molecular flexibility index (Phi) is 9.56. The molecule has 0 fully saturated rings. The first-order valence-electron chi connectivity index (χ1n) is 10.7. The first-order chi connectivity index (χ1) is 16.2. The number of benzene rings is 2. The van der Waals surface area contributed by atoms with Crippen LogP contribution in [-0.4, -0.2) is 50.5 Å². The van der Waals surface area contributed by atoms with E-state index in [1.807, 2.05) is 6.92 Å². The van der Waals surface area contributed by atoms with Crippen molar-refractivity contribution in [2.24, 2.45) is 0 Å². The van der Waals surface area contributed by atoms with Crippen LogP contribution in [0.25, 0.3) is 0 Å². The predicted molar refractivity (Wildman–Crippen MR) is 128 cm³/mol. The molecule has 2 amide bonds. The van der Waals surface area contributed by atoms with E-state index in [4.69, 9.17) is 11.6 Å². The van der Waals surface area contributed by atoms with Gasteiger partial charge in [-0.3, -0.25) is 13.9 Å². The fourth-order valence-corrected chi connectivity index (χ4v) is 4.32. The minimum absolute atomic E-state index is 0.0691. The largest absolute Gasteiger partial charge is 0.416 e. The molecule has 0 aliphatic heterocycles. The fraction of sp³-hybridized carbons (Fsp3) is 0.391. The van der Waals surface area contributed by atoms with Gasteiger partial charge in [-0.2, -0.15) is 13.2 Å². The lowest BCUT2D eigenvalue weighted by atomic mass is 10.1. The Balaban J connectivity index is 2.43. The average molecular weight is 534 g/mol. The number of nitrogens with one attached hydrogen (secondary N) is 1. The summed E-state index contributed by atoms with van der Waals surface area (Å²) in [7, 11) is -4.15. The molecule has 1 unspecified atom stereocenters. The Morgan fingerprint density at radius 2 is 1.77 bits per heavy atom. The lowest BCUT2D eigenvalue weighted by Gasteiger charge is -2.31. The SMILES string of the molecule is CCCNC(=O)C(C)N(Cc1cccc(Cl)c1)C(=O)CN(c1cccc(C(F)(F)F)c1)S(C)(=O)=O. The van der Waals surface area contributed by atoms with Gasteiger partial charge in [0.2, 0.25) is 21.8 Å². The second-order valence-corrected chi connectivity index (χ2v) is 10.3. The molecule has 2 rings (SSSR count). The van der Waals surface area contributed by atoms with E-state index in [-0.39, 0.29) is 12.2 Å². The summed E-state index contributed by atoms with van der Waals surface area (Å²) in [6.45, 7) is 2.86. The molecule has 0 aliphatic carbocycles. The second kappa shape index (κ2) is 11.8. The Labute approximate surface area is 207 Å². The van der Waals surface area contributed by atoms with E-state index >= 15 is 0 Å². The van der Waals surface area contributed by atoms with Gasteiger partial charge in [0.15, 0.2) is 0 Å². The van der Waals surface area contributed by atoms with Crippen LogP contribution in [0.15, 0.2) is 48.5 Å². The van der Waals surface area contributed by atoms with Crippen molar-refractivity contribution in [3.63, 3.8) is 0 Å². The summed E-state index contributed by atoms with van der Waals surface area (Å²) in [4.78, 5) is 27.1. The molecule has 35 heavy (non-hydrogen) atoms. The number of nitrogens with zero attached hydrogens (tertiary/aromatic N) is 2. The van der Waals surface area contributed by atoms with Crippen molar-refractivity contribution in [2.75, 3.05) is 23.7 Å². The van der Waals surface area contributed by atoms with Crippen LogP contribution >= 0.6 is 11.6 Å². The molecule has 0 heterocycles. The zero-order chi connectivity index (χ0) is 26.4. The number of anilines is 1. The molecule has 192 valence electrons. The molecule has 2 aromatic rings. The van der Waals surface area contributed by atoms with Gasteiger partial charge in [0.1, 0.15) is 12.6 Å². The van der Waals surface area contributed by atoms with E-state index < -0.39 is 46.2 Å². The molecule has 0 spiro atoms. The first-order valence-corrected chi connectivity index (χ1v) is 12.9. The van der Waals surface area contributed by atoms with Gasteiger partial charge < -0.3 is 10.2 Å². The summed E-state index contributed by atoms with van der Waals surface area (Å²) in [5, 5.41) is 3.09. The number of amides is 2. The highest BCUT2D eigenvalue weighted by molar-refractivity contribution is 7.92. The van der Waals surface area contributed by atoms with Crippen molar-refractivity contribution in [1.29, 1.82) is 0 Å². The highest BCUT2D eigenvalue weighted by Crippen LogP contribution is 2.32. The first kappa shape index (κ1) is 28.4. The maximum Gasteiger partial charge on any atom is 0.416 e. The van der Waals surface area contributed by atoms with Gasteiger partial charge in [-0.25, -0.2) is 8.42 Å². The molecule has 0 radical (unpaired) electrons. The summed E-state index contributed by atoms with van der Waals surface area (Å²) in [6.07, 6.45) is -3.25. The molecule has 0 saturated heterocycles. The topological polar surface area (TPSA) is 86.8 Å². The van der Waals surface area contributed by atoms with E-state index in [0.29, 0.717) is 33.9 Å². The van der Waals surface area contributed by atoms with E-state index in [1.165, 1.54) is 17.9 Å². The summed E-state index contributed by atoms with van der Waals surface area (Å²) in [5.41, 5.74) is -0.786. The Hall–Kier alpha value is -2.79. The quantitative estimate of drug-likeness (QED) is 0.499. The Morgan fingerprint density at radius 3 is 2.34 bits per heavy atom. The zero-order valence-electron chi connectivity index (χ0n) is 19.5. The molecule has 7 nitrogen and oxygen atoms in total. The fourth-order valence-electron chi connectivity index (χ4n) is 3.26. The number of sulfonamides is 1. The molecular formula is C23H27ClF3N3O4S. The highest BCUT2D eigenvalue weighted by atomic mass is 35.5. The maximum absolute atomic E-state index is 13.3. The van der Waals surface area contributed by atoms with Crippen molar-refractivity contribution >= 4 is 39.1 Å². The Bertz CT molecular complexity index is 1160. The van der Waals surface area contributed by atoms with Crippen LogP contribution in [0.4, 0.5) is 18.9 Å². The maximum atomic E-state index is 13.3. The third kappa shape index (κ3) is 8.14. The van der Waals surface area contributed by atoms with Gasteiger partial charge in [0.05, 0.1) is 17.5 Å². The zero-order valence-corrected chi connectivity index (χ0v) is 21.0. The van der Waals surface area contributed by atoms with Crippen molar-refractivity contribution in [3.8, 4) is 0 Å². The summed E-state index contributed by atoms with van der Waals surface area (Å²) in [6, 6.07) is 9.28. The standard InChI is InChI=1S/C23H27ClF3N3O4S/c1-4-11-28-22(32)16(2)29(14-17-7-5-9-19(24)12-17)21(31)15-30(35(3,33)34)20-10-6-8-18(13-20)23(25,26)27/h5-10,12-13,16H,4,11,14-15H2,1-3H3,(H,28,32). The van der Waals surface area contributed by atoms with Crippen molar-refractivity contribution in [3.05, 3.63) is 64.7 Å². The second-order valence-electron chi connectivity index (χ2n) is 7.94. The average Bonchev–Trinajstić information content (AvgIpc) is 2.77. The number of hydrogen-bond acceptors (Lipinski definition) is 4. The van der Waals surface area contributed by atoms with Gasteiger partial charge in [-0.1, -0.05) is 36.7 Å². The lowest BCUT2D eigenvalue weighted by molar-refractivity contribution is -0.139. The van der Waals surface area contributed by atoms with Gasteiger partial charge >= 0.3 is 6.18 Å². The minimum atomic E-state index is -4.70. The number of rotatable bonds is 10. The predicted octanol–water partition coefficient (Wildman–Crippen LogP) is 4.07. The number of carbonyl (C=O) groups is 2. The lowest BCUT2D eigenvalue weighted by Crippen LogP contribution is -2.51. The summed E-state index contributed by atoms with van der Waals surface area (Å²) >= 11 is 6.03. The monoisotopic (exact) mass is 533 g/mol. The van der Waals surface area contributed by atoms with E-state index in [9.17, 15) is 31.2 Å². The van der Waals surface area contributed by atoms with Gasteiger partial charge in [-0.15, -0.1) is 0 Å². The minimum Gasteiger partial charge on any atom is -0.354 e. The third-order valence-electron chi connectivity index (χ3n) is 5.10. The summed E-state index contributed by atoms with van der Waals surface area (Å²) in [5.74, 6) is -1.22. The van der Waals surface area contributed by atoms with Crippen LogP contribution < -0.4 is 9.62 Å². The summed E-state index contributed by atoms with van der Waals surface area (Å²) < 4.78 is 65.1. The van der Waals surface area contributed by atoms with E-state index in [2.05, 4.69) is 5.32 Å². The van der Waals surface area contributed by atoms with Gasteiger partial charge in [0, 0.05) is 18.1 Å². The molecule has 0 bridgehead atoms. The number of alkyl halides is 3. The molecule has 0 saturated carbocycles. The van der Waals surface area contributed by atoms with E-state index in [1.54, 1.807) is 24.3 Å². The van der Waals surface area contributed by atoms with Crippen LogP contribution in [-0.2, 0) is 32.3 Å². The van der Waals surface area contributed by atoms with Crippen LogP contribution in [0.2, 0.25) is 5.02 Å². The molecule has 1 N–H and O–H groups in total. The Morgan fingerprint density at radius 1 is 1.11 bits per heavy atom. The van der Waals surface area contributed by atoms with Gasteiger partial charge in [-0.05, 0) is 49.2 Å². The highest BCUT2D eigenvalue weighted by Gasteiger charge is 2.33. The molecule has 0 aromatic heterocycles. The molecule has 12 heteroatoms. The van der Waals surface area contributed by atoms with Crippen LogP contribution in [0, 0.1) is 0 Å². The number of hydrogen-bond donors (Lipinski definition) is 1. The van der Waals surface area contributed by atoms with Crippen molar-refractivity contribution in [1.82, 2.24) is 10.2 Å². The van der Waals surface area contributed by atoms with Crippen LogP contribution in [0.5, 0.6) is 0 Å². The smallest absolute Gasteiger partial charge is 0.354 e. The molecule has 1 atom stereocenters. The third-order valence-corrected chi connectivity index (χ3v) is 6.47. The molecular weight excluding hydrogens is 507 g/mol. The van der Waals surface area contributed by atoms with Crippen LogP contribution in [0.1, 0.15) is 31.4 Å². The van der Waals surface area contributed by atoms with Gasteiger partial charge in [0.25, 0.3) is 0 Å². The van der Waals surface area contributed by atoms with Crippen molar-refractivity contribution < 1.29 is 31.2 Å². The van der Waals surface area contributed by atoms with E-state index in [0.717, 1.165) is 18.4 Å². The normalized spacial score (nSPS) is 12.7. The van der Waals surface area contributed by atoms with Crippen molar-refractivity contribution in [2.45, 2.75) is 39.0 Å². The number of halogens is 4. The molecule has 0 aliphatic rings. The van der Waals surface area contributed by atoms with Crippen LogP contribution in [0.3, 0.4) is 0 Å².